The number of aromatic nitrogens is 1. The van der Waals surface area contributed by atoms with E-state index in [1.807, 2.05) is 31.1 Å². The standard InChI is InChI=1S/C7H10N2.Na.H/c1-9(2)7-3-5-8-6-4-7;;/h3-6H,1-2H3;;/q;+1;-1. The second kappa shape index (κ2) is 4.72. The third-order valence-electron chi connectivity index (χ3n) is 1.18. The minimum atomic E-state index is 0. The predicted octanol–water partition coefficient (Wildman–Crippen LogP) is -1.74. The van der Waals surface area contributed by atoms with Crippen molar-refractivity contribution in [1.29, 1.82) is 0 Å². The topological polar surface area (TPSA) is 16.1 Å². The van der Waals surface area contributed by atoms with Crippen LogP contribution in [-0.2, 0) is 0 Å². The van der Waals surface area contributed by atoms with E-state index in [0.29, 0.717) is 0 Å². The first-order valence-electron chi connectivity index (χ1n) is 2.88. The van der Waals surface area contributed by atoms with E-state index in [1.54, 1.807) is 12.4 Å². The minimum absolute atomic E-state index is 0. The van der Waals surface area contributed by atoms with Crippen LogP contribution in [-0.4, -0.2) is 19.1 Å². The molecule has 0 saturated carbocycles. The van der Waals surface area contributed by atoms with Crippen molar-refractivity contribution in [1.82, 2.24) is 4.98 Å². The van der Waals surface area contributed by atoms with Crippen LogP contribution in [0.25, 0.3) is 0 Å². The van der Waals surface area contributed by atoms with E-state index < -0.39 is 0 Å². The molecule has 0 bridgehead atoms. The smallest absolute Gasteiger partial charge is 1.00 e. The Hall–Kier alpha value is -0.0500. The van der Waals surface area contributed by atoms with Gasteiger partial charge in [-0.25, -0.2) is 0 Å². The van der Waals surface area contributed by atoms with Crippen LogP contribution >= 0.6 is 0 Å². The van der Waals surface area contributed by atoms with E-state index in [4.69, 9.17) is 0 Å². The normalized spacial score (nSPS) is 8.20. The van der Waals surface area contributed by atoms with Crippen LogP contribution in [0.5, 0.6) is 0 Å². The molecule has 0 radical (unpaired) electrons. The summed E-state index contributed by atoms with van der Waals surface area (Å²) in [4.78, 5) is 5.94. The average Bonchev–Trinajstić information content (AvgIpc) is 1.90. The number of pyridine rings is 1. The second-order valence-electron chi connectivity index (χ2n) is 2.10. The number of nitrogens with zero attached hydrogens (tertiary/aromatic N) is 2. The number of rotatable bonds is 1. The number of anilines is 1. The maximum Gasteiger partial charge on any atom is 1.00 e. The van der Waals surface area contributed by atoms with Gasteiger partial charge in [0.15, 0.2) is 0 Å². The maximum atomic E-state index is 3.90. The van der Waals surface area contributed by atoms with Gasteiger partial charge in [-0.05, 0) is 12.1 Å². The number of hydrogen-bond donors (Lipinski definition) is 0. The van der Waals surface area contributed by atoms with Crippen LogP contribution in [0.15, 0.2) is 24.5 Å². The Morgan fingerprint density at radius 1 is 1.30 bits per heavy atom. The van der Waals surface area contributed by atoms with Gasteiger partial charge >= 0.3 is 29.6 Å². The monoisotopic (exact) mass is 146 g/mol. The summed E-state index contributed by atoms with van der Waals surface area (Å²) in [5.41, 5.74) is 1.19. The Bertz CT molecular complexity index is 179. The summed E-state index contributed by atoms with van der Waals surface area (Å²) in [6.45, 7) is 0. The molecule has 0 aromatic carbocycles. The fraction of sp³-hybridized carbons (Fsp3) is 0.286. The van der Waals surface area contributed by atoms with Gasteiger partial charge < -0.3 is 6.33 Å². The summed E-state index contributed by atoms with van der Waals surface area (Å²) < 4.78 is 0. The van der Waals surface area contributed by atoms with Crippen molar-refractivity contribution >= 4 is 5.69 Å². The van der Waals surface area contributed by atoms with Gasteiger partial charge in [-0.3, -0.25) is 4.98 Å². The molecular weight excluding hydrogens is 135 g/mol. The van der Waals surface area contributed by atoms with Crippen molar-refractivity contribution in [3.8, 4) is 0 Å². The first-order chi connectivity index (χ1) is 4.30. The fourth-order valence-corrected chi connectivity index (χ4v) is 0.642. The van der Waals surface area contributed by atoms with Crippen LogP contribution in [0.2, 0.25) is 0 Å². The van der Waals surface area contributed by atoms with Crippen molar-refractivity contribution in [3.05, 3.63) is 24.5 Å². The van der Waals surface area contributed by atoms with Crippen LogP contribution in [0, 0.1) is 0 Å². The van der Waals surface area contributed by atoms with E-state index in [2.05, 4.69) is 4.98 Å². The van der Waals surface area contributed by atoms with Crippen LogP contribution < -0.4 is 34.5 Å². The molecule has 2 nitrogen and oxygen atoms in total. The SMILES string of the molecule is CN(C)c1ccncc1.[H-].[Na+]. The summed E-state index contributed by atoms with van der Waals surface area (Å²) in [6.07, 6.45) is 3.57. The van der Waals surface area contributed by atoms with E-state index in [1.165, 1.54) is 5.69 Å². The average molecular weight is 146 g/mol. The van der Waals surface area contributed by atoms with Gasteiger partial charge in [0.25, 0.3) is 0 Å². The van der Waals surface area contributed by atoms with Crippen molar-refractivity contribution in [3.63, 3.8) is 0 Å². The van der Waals surface area contributed by atoms with E-state index in [9.17, 15) is 0 Å². The summed E-state index contributed by atoms with van der Waals surface area (Å²) in [5.74, 6) is 0. The van der Waals surface area contributed by atoms with E-state index in [0.717, 1.165) is 0 Å². The molecule has 0 amide bonds. The third-order valence-corrected chi connectivity index (χ3v) is 1.18. The van der Waals surface area contributed by atoms with Gasteiger partial charge in [-0.1, -0.05) is 0 Å². The molecule has 0 aliphatic rings. The molecule has 0 aliphatic carbocycles. The molecule has 3 heteroatoms. The largest absolute Gasteiger partial charge is 1.00 e. The maximum absolute atomic E-state index is 3.90. The minimum Gasteiger partial charge on any atom is -1.00 e. The van der Waals surface area contributed by atoms with Crippen LogP contribution in [0.1, 0.15) is 1.43 Å². The zero-order valence-electron chi connectivity index (χ0n) is 7.70. The molecular formula is C7H11N2Na. The number of hydrogen-bond acceptors (Lipinski definition) is 2. The van der Waals surface area contributed by atoms with Gasteiger partial charge in [-0.15, -0.1) is 0 Å². The Morgan fingerprint density at radius 3 is 2.10 bits per heavy atom. The molecule has 10 heavy (non-hydrogen) atoms. The third kappa shape index (κ3) is 2.69. The molecule has 0 saturated heterocycles. The summed E-state index contributed by atoms with van der Waals surface area (Å²) in [7, 11) is 4.02. The molecule has 1 aromatic heterocycles. The summed E-state index contributed by atoms with van der Waals surface area (Å²) in [5, 5.41) is 0. The van der Waals surface area contributed by atoms with Gasteiger partial charge in [-0.2, -0.15) is 0 Å². The second-order valence-corrected chi connectivity index (χ2v) is 2.10. The quantitative estimate of drug-likeness (QED) is 0.437. The molecule has 0 spiro atoms. The predicted molar refractivity (Wildman–Crippen MR) is 39.7 cm³/mol. The molecule has 1 rings (SSSR count). The molecule has 0 fully saturated rings. The van der Waals surface area contributed by atoms with Gasteiger partial charge in [0.1, 0.15) is 0 Å². The van der Waals surface area contributed by atoms with E-state index >= 15 is 0 Å². The molecule has 0 N–H and O–H groups in total. The van der Waals surface area contributed by atoms with Crippen LogP contribution in [0.4, 0.5) is 5.69 Å². The van der Waals surface area contributed by atoms with Crippen molar-refractivity contribution in [2.75, 3.05) is 19.0 Å². The van der Waals surface area contributed by atoms with Gasteiger partial charge in [0, 0.05) is 32.2 Å². The zero-order valence-corrected chi connectivity index (χ0v) is 8.70. The Morgan fingerprint density at radius 2 is 1.80 bits per heavy atom. The van der Waals surface area contributed by atoms with Crippen LogP contribution in [0.3, 0.4) is 0 Å². The van der Waals surface area contributed by atoms with Crippen molar-refractivity contribution in [2.24, 2.45) is 0 Å². The first-order valence-corrected chi connectivity index (χ1v) is 2.88. The molecule has 0 unspecified atom stereocenters. The Labute approximate surface area is 85.0 Å². The van der Waals surface area contributed by atoms with Gasteiger partial charge in [0.05, 0.1) is 0 Å². The fourth-order valence-electron chi connectivity index (χ4n) is 0.642. The summed E-state index contributed by atoms with van der Waals surface area (Å²) in [6, 6.07) is 3.94. The Kier molecular flexibility index (Phi) is 4.69. The molecule has 50 valence electrons. The van der Waals surface area contributed by atoms with E-state index in [-0.39, 0.29) is 31.0 Å². The molecule has 0 aliphatic heterocycles. The van der Waals surface area contributed by atoms with Gasteiger partial charge in [0.2, 0.25) is 0 Å². The molecule has 1 heterocycles. The first kappa shape index (κ1) is 9.95. The zero-order chi connectivity index (χ0) is 6.69. The van der Waals surface area contributed by atoms with Crippen molar-refractivity contribution in [2.45, 2.75) is 0 Å². The Balaban J connectivity index is 0. The van der Waals surface area contributed by atoms with Crippen molar-refractivity contribution < 1.29 is 31.0 Å². The summed E-state index contributed by atoms with van der Waals surface area (Å²) >= 11 is 0. The molecule has 0 atom stereocenters. The molecule has 1 aromatic rings.